The van der Waals surface area contributed by atoms with Gasteiger partial charge in [0.05, 0.1) is 4.90 Å². The third-order valence-corrected chi connectivity index (χ3v) is 6.06. The summed E-state index contributed by atoms with van der Waals surface area (Å²) in [4.78, 5) is 14.9. The molecule has 1 aliphatic heterocycles. The standard InChI is InChI=1S/C19H22N2O3S/c1-20-25(23,24)18-11-9-16(10-12-18)19(22)21-13-5-8-17(21)14-15-6-3-2-4-7-15/h2-4,6-7,9-12,17,20H,5,8,13-14H2,1H3. The average molecular weight is 358 g/mol. The Morgan fingerprint density at radius 1 is 1.12 bits per heavy atom. The van der Waals surface area contributed by atoms with Gasteiger partial charge in [0.2, 0.25) is 10.0 Å². The summed E-state index contributed by atoms with van der Waals surface area (Å²) in [5.41, 5.74) is 1.75. The molecule has 0 bridgehead atoms. The topological polar surface area (TPSA) is 66.5 Å². The molecule has 132 valence electrons. The first-order chi connectivity index (χ1) is 12.0. The number of rotatable bonds is 5. The predicted molar refractivity (Wildman–Crippen MR) is 96.9 cm³/mol. The van der Waals surface area contributed by atoms with Crippen LogP contribution in [0.15, 0.2) is 59.5 Å². The maximum absolute atomic E-state index is 12.8. The zero-order valence-electron chi connectivity index (χ0n) is 14.2. The molecule has 5 nitrogen and oxygen atoms in total. The quantitative estimate of drug-likeness (QED) is 0.893. The lowest BCUT2D eigenvalue weighted by molar-refractivity contribution is 0.0736. The van der Waals surface area contributed by atoms with Crippen molar-refractivity contribution < 1.29 is 13.2 Å². The monoisotopic (exact) mass is 358 g/mol. The maximum Gasteiger partial charge on any atom is 0.254 e. The van der Waals surface area contributed by atoms with Crippen LogP contribution in [-0.4, -0.2) is 38.9 Å². The number of nitrogens with zero attached hydrogens (tertiary/aromatic N) is 1. The molecule has 1 aliphatic rings. The zero-order chi connectivity index (χ0) is 17.9. The van der Waals surface area contributed by atoms with E-state index < -0.39 is 10.0 Å². The van der Waals surface area contributed by atoms with Gasteiger partial charge in [0.25, 0.3) is 5.91 Å². The molecule has 1 saturated heterocycles. The van der Waals surface area contributed by atoms with Gasteiger partial charge in [-0.2, -0.15) is 0 Å². The molecule has 0 aliphatic carbocycles. The first kappa shape index (κ1) is 17.6. The lowest BCUT2D eigenvalue weighted by Gasteiger charge is -2.25. The molecule has 25 heavy (non-hydrogen) atoms. The molecule has 1 fully saturated rings. The van der Waals surface area contributed by atoms with Gasteiger partial charge in [-0.15, -0.1) is 0 Å². The van der Waals surface area contributed by atoms with Gasteiger partial charge in [-0.1, -0.05) is 30.3 Å². The summed E-state index contributed by atoms with van der Waals surface area (Å²) in [5.74, 6) is -0.0353. The smallest absolute Gasteiger partial charge is 0.254 e. The van der Waals surface area contributed by atoms with Crippen LogP contribution >= 0.6 is 0 Å². The average Bonchev–Trinajstić information content (AvgIpc) is 3.10. The van der Waals surface area contributed by atoms with E-state index in [9.17, 15) is 13.2 Å². The van der Waals surface area contributed by atoms with Crippen molar-refractivity contribution in [2.24, 2.45) is 0 Å². The van der Waals surface area contributed by atoms with Crippen LogP contribution in [0.3, 0.4) is 0 Å². The van der Waals surface area contributed by atoms with Crippen LogP contribution in [0.2, 0.25) is 0 Å². The lowest BCUT2D eigenvalue weighted by Crippen LogP contribution is -2.36. The normalized spacial score (nSPS) is 17.6. The van der Waals surface area contributed by atoms with Crippen molar-refractivity contribution in [2.75, 3.05) is 13.6 Å². The van der Waals surface area contributed by atoms with E-state index in [0.717, 1.165) is 25.8 Å². The number of likely N-dealkylation sites (tertiary alicyclic amines) is 1. The van der Waals surface area contributed by atoms with E-state index in [1.807, 2.05) is 23.1 Å². The van der Waals surface area contributed by atoms with Crippen LogP contribution in [0, 0.1) is 0 Å². The van der Waals surface area contributed by atoms with Gasteiger partial charge >= 0.3 is 0 Å². The summed E-state index contributed by atoms with van der Waals surface area (Å²) >= 11 is 0. The minimum absolute atomic E-state index is 0.0353. The third kappa shape index (κ3) is 3.91. The lowest BCUT2D eigenvalue weighted by atomic mass is 10.0. The minimum Gasteiger partial charge on any atom is -0.335 e. The molecule has 1 N–H and O–H groups in total. The fourth-order valence-electron chi connectivity index (χ4n) is 3.26. The van der Waals surface area contributed by atoms with Gasteiger partial charge in [-0.3, -0.25) is 4.79 Å². The van der Waals surface area contributed by atoms with Crippen molar-refractivity contribution in [3.8, 4) is 0 Å². The number of hydrogen-bond donors (Lipinski definition) is 1. The molecule has 0 spiro atoms. The number of amides is 1. The SMILES string of the molecule is CNS(=O)(=O)c1ccc(C(=O)N2CCCC2Cc2ccccc2)cc1. The molecule has 2 aromatic rings. The van der Waals surface area contributed by atoms with Gasteiger partial charge in [0.15, 0.2) is 0 Å². The fourth-order valence-corrected chi connectivity index (χ4v) is 3.99. The molecule has 1 atom stereocenters. The van der Waals surface area contributed by atoms with Gasteiger partial charge in [0.1, 0.15) is 0 Å². The van der Waals surface area contributed by atoms with Crippen LogP contribution < -0.4 is 4.72 Å². The molecule has 1 unspecified atom stereocenters. The Kier molecular flexibility index (Phi) is 5.20. The third-order valence-electron chi connectivity index (χ3n) is 4.63. The Labute approximate surface area is 148 Å². The minimum atomic E-state index is -3.49. The van der Waals surface area contributed by atoms with E-state index >= 15 is 0 Å². The van der Waals surface area contributed by atoms with E-state index in [-0.39, 0.29) is 16.8 Å². The van der Waals surface area contributed by atoms with E-state index in [2.05, 4.69) is 16.9 Å². The second-order valence-corrected chi connectivity index (χ2v) is 8.10. The highest BCUT2D eigenvalue weighted by atomic mass is 32.2. The van der Waals surface area contributed by atoms with Crippen LogP contribution in [0.25, 0.3) is 0 Å². The maximum atomic E-state index is 12.8. The fraction of sp³-hybridized carbons (Fsp3) is 0.316. The van der Waals surface area contributed by atoms with Gasteiger partial charge in [0, 0.05) is 18.2 Å². The highest BCUT2D eigenvalue weighted by Crippen LogP contribution is 2.24. The predicted octanol–water partition coefficient (Wildman–Crippen LogP) is 2.44. The first-order valence-corrected chi connectivity index (χ1v) is 9.88. The van der Waals surface area contributed by atoms with E-state index in [1.54, 1.807) is 12.1 Å². The second-order valence-electron chi connectivity index (χ2n) is 6.22. The Bertz CT molecular complexity index is 833. The number of hydrogen-bond acceptors (Lipinski definition) is 3. The molecule has 0 aromatic heterocycles. The number of nitrogens with one attached hydrogen (secondary N) is 1. The molecule has 0 saturated carbocycles. The molecular formula is C19H22N2O3S. The number of sulfonamides is 1. The second kappa shape index (κ2) is 7.37. The van der Waals surface area contributed by atoms with Crippen molar-refractivity contribution in [3.05, 3.63) is 65.7 Å². The molecule has 0 radical (unpaired) electrons. The summed E-state index contributed by atoms with van der Waals surface area (Å²) in [5, 5.41) is 0. The molecule has 6 heteroatoms. The molecule has 1 heterocycles. The van der Waals surface area contributed by atoms with E-state index in [0.29, 0.717) is 5.56 Å². The van der Waals surface area contributed by atoms with Gasteiger partial charge < -0.3 is 4.90 Å². The molecule has 3 rings (SSSR count). The van der Waals surface area contributed by atoms with Gasteiger partial charge in [-0.25, -0.2) is 13.1 Å². The van der Waals surface area contributed by atoms with Crippen molar-refractivity contribution >= 4 is 15.9 Å². The summed E-state index contributed by atoms with van der Waals surface area (Å²) in [7, 11) is -2.12. The van der Waals surface area contributed by atoms with Crippen LogP contribution in [-0.2, 0) is 16.4 Å². The van der Waals surface area contributed by atoms with Crippen LogP contribution in [0.4, 0.5) is 0 Å². The summed E-state index contributed by atoms with van der Waals surface area (Å²) in [6.45, 7) is 0.743. The molecular weight excluding hydrogens is 336 g/mol. The van der Waals surface area contributed by atoms with Crippen LogP contribution in [0.5, 0.6) is 0 Å². The largest absolute Gasteiger partial charge is 0.335 e. The molecule has 2 aromatic carbocycles. The number of benzene rings is 2. The van der Waals surface area contributed by atoms with Crippen molar-refractivity contribution in [1.29, 1.82) is 0 Å². The van der Waals surface area contributed by atoms with E-state index in [4.69, 9.17) is 0 Å². The van der Waals surface area contributed by atoms with E-state index in [1.165, 1.54) is 24.7 Å². The van der Waals surface area contributed by atoms with Crippen molar-refractivity contribution in [2.45, 2.75) is 30.2 Å². The zero-order valence-corrected chi connectivity index (χ0v) is 15.0. The Morgan fingerprint density at radius 2 is 1.80 bits per heavy atom. The van der Waals surface area contributed by atoms with Gasteiger partial charge in [-0.05, 0) is 56.1 Å². The Morgan fingerprint density at radius 3 is 2.44 bits per heavy atom. The van der Waals surface area contributed by atoms with Crippen LogP contribution in [0.1, 0.15) is 28.8 Å². The van der Waals surface area contributed by atoms with Crippen molar-refractivity contribution in [3.63, 3.8) is 0 Å². The highest BCUT2D eigenvalue weighted by Gasteiger charge is 2.29. The molecule has 1 amide bonds. The summed E-state index contributed by atoms with van der Waals surface area (Å²) in [6.07, 6.45) is 2.83. The Balaban J connectivity index is 1.75. The summed E-state index contributed by atoms with van der Waals surface area (Å²) < 4.78 is 25.8. The number of carbonyl (C=O) groups excluding carboxylic acids is 1. The summed E-state index contributed by atoms with van der Waals surface area (Å²) in [6, 6.07) is 16.5. The highest BCUT2D eigenvalue weighted by molar-refractivity contribution is 7.89. The first-order valence-electron chi connectivity index (χ1n) is 8.40. The Hall–Kier alpha value is -2.18. The van der Waals surface area contributed by atoms with Crippen molar-refractivity contribution in [1.82, 2.24) is 9.62 Å². The number of carbonyl (C=O) groups is 1.